The number of hydrogen-bond acceptors (Lipinski definition) is 4. The lowest BCUT2D eigenvalue weighted by Crippen LogP contribution is -1.98. The summed E-state index contributed by atoms with van der Waals surface area (Å²) in [4.78, 5) is 7.33. The van der Waals surface area contributed by atoms with Crippen LogP contribution in [0.4, 0.5) is 4.39 Å². The Labute approximate surface area is 91.2 Å². The van der Waals surface area contributed by atoms with Crippen molar-refractivity contribution in [3.05, 3.63) is 29.6 Å². The van der Waals surface area contributed by atoms with Gasteiger partial charge in [0.15, 0.2) is 11.5 Å². The number of aryl methyl sites for hydroxylation is 2. The van der Waals surface area contributed by atoms with Gasteiger partial charge in [0.1, 0.15) is 23.8 Å². The summed E-state index contributed by atoms with van der Waals surface area (Å²) in [5, 5.41) is 12.7. The van der Waals surface area contributed by atoms with E-state index in [2.05, 4.69) is 15.1 Å². The molecule has 0 bridgehead atoms. The van der Waals surface area contributed by atoms with Crippen LogP contribution in [0.5, 0.6) is 0 Å². The van der Waals surface area contributed by atoms with Crippen LogP contribution in [-0.4, -0.2) is 19.7 Å². The molecule has 16 heavy (non-hydrogen) atoms. The number of hydrogen-bond donors (Lipinski definition) is 0. The summed E-state index contributed by atoms with van der Waals surface area (Å²) in [5.41, 5.74) is 1.06. The lowest BCUT2D eigenvalue weighted by Gasteiger charge is -1.98. The first-order valence-corrected chi connectivity index (χ1v) is 4.55. The van der Waals surface area contributed by atoms with Gasteiger partial charge in [-0.05, 0) is 13.0 Å². The standard InChI is InChI=1S/C10H8FN5/c1-6-3-7(15-16(6)2)10-9(11)8(4-12)13-5-14-10/h3,5H,1-2H3. The van der Waals surface area contributed by atoms with Crippen LogP contribution in [0, 0.1) is 24.1 Å². The maximum Gasteiger partial charge on any atom is 0.187 e. The monoisotopic (exact) mass is 217 g/mol. The molecule has 0 radical (unpaired) electrons. The first-order valence-electron chi connectivity index (χ1n) is 4.55. The average molecular weight is 217 g/mol. The molecule has 6 heteroatoms. The third-order valence-electron chi connectivity index (χ3n) is 2.25. The molecule has 2 heterocycles. The van der Waals surface area contributed by atoms with E-state index < -0.39 is 5.82 Å². The van der Waals surface area contributed by atoms with Gasteiger partial charge in [0.05, 0.1) is 0 Å². The topological polar surface area (TPSA) is 67.4 Å². The van der Waals surface area contributed by atoms with Crippen LogP contribution in [0.25, 0.3) is 11.4 Å². The van der Waals surface area contributed by atoms with E-state index in [4.69, 9.17) is 5.26 Å². The summed E-state index contributed by atoms with van der Waals surface area (Å²) >= 11 is 0. The van der Waals surface area contributed by atoms with Gasteiger partial charge in [0, 0.05) is 12.7 Å². The molecule has 0 atom stereocenters. The van der Waals surface area contributed by atoms with Crippen molar-refractivity contribution in [2.45, 2.75) is 6.92 Å². The molecular formula is C10H8FN5. The molecule has 0 spiro atoms. The van der Waals surface area contributed by atoms with Crippen molar-refractivity contribution in [2.24, 2.45) is 7.05 Å². The van der Waals surface area contributed by atoms with E-state index in [-0.39, 0.29) is 11.4 Å². The molecule has 0 saturated carbocycles. The third kappa shape index (κ3) is 1.52. The predicted molar refractivity (Wildman–Crippen MR) is 53.6 cm³/mol. The fraction of sp³-hybridized carbons (Fsp3) is 0.200. The first kappa shape index (κ1) is 10.2. The van der Waals surface area contributed by atoms with E-state index in [1.54, 1.807) is 23.9 Å². The van der Waals surface area contributed by atoms with E-state index in [0.29, 0.717) is 5.69 Å². The minimum Gasteiger partial charge on any atom is -0.272 e. The molecule has 0 aromatic carbocycles. The van der Waals surface area contributed by atoms with Crippen molar-refractivity contribution in [2.75, 3.05) is 0 Å². The van der Waals surface area contributed by atoms with Crippen LogP contribution in [0.2, 0.25) is 0 Å². The largest absolute Gasteiger partial charge is 0.272 e. The van der Waals surface area contributed by atoms with Gasteiger partial charge in [0.25, 0.3) is 0 Å². The van der Waals surface area contributed by atoms with Crippen LogP contribution >= 0.6 is 0 Å². The molecule has 0 unspecified atom stereocenters. The van der Waals surface area contributed by atoms with Gasteiger partial charge in [-0.25, -0.2) is 14.4 Å². The highest BCUT2D eigenvalue weighted by atomic mass is 19.1. The van der Waals surface area contributed by atoms with Gasteiger partial charge in [-0.3, -0.25) is 4.68 Å². The summed E-state index contributed by atoms with van der Waals surface area (Å²) in [6.07, 6.45) is 1.15. The Balaban J connectivity index is 2.61. The summed E-state index contributed by atoms with van der Waals surface area (Å²) in [6.45, 7) is 1.85. The molecule has 0 aliphatic rings. The molecule has 80 valence electrons. The highest BCUT2D eigenvalue weighted by Crippen LogP contribution is 2.20. The Bertz CT molecular complexity index is 562. The molecule has 5 nitrogen and oxygen atoms in total. The van der Waals surface area contributed by atoms with E-state index in [0.717, 1.165) is 12.0 Å². The molecule has 2 aromatic rings. The molecular weight excluding hydrogens is 209 g/mol. The van der Waals surface area contributed by atoms with Gasteiger partial charge in [-0.1, -0.05) is 0 Å². The number of aromatic nitrogens is 4. The van der Waals surface area contributed by atoms with Crippen molar-refractivity contribution in [1.29, 1.82) is 5.26 Å². The number of halogens is 1. The zero-order valence-corrected chi connectivity index (χ0v) is 8.77. The number of rotatable bonds is 1. The van der Waals surface area contributed by atoms with E-state index in [1.165, 1.54) is 0 Å². The quantitative estimate of drug-likeness (QED) is 0.719. The fourth-order valence-corrected chi connectivity index (χ4v) is 1.30. The van der Waals surface area contributed by atoms with Gasteiger partial charge < -0.3 is 0 Å². The van der Waals surface area contributed by atoms with Crippen LogP contribution in [-0.2, 0) is 7.05 Å². The fourth-order valence-electron chi connectivity index (χ4n) is 1.30. The van der Waals surface area contributed by atoms with E-state index in [1.807, 2.05) is 6.92 Å². The number of nitrogens with zero attached hydrogens (tertiary/aromatic N) is 5. The minimum absolute atomic E-state index is 0.0512. The van der Waals surface area contributed by atoms with Crippen LogP contribution < -0.4 is 0 Å². The molecule has 0 saturated heterocycles. The molecule has 2 aromatic heterocycles. The molecule has 0 aliphatic heterocycles. The summed E-state index contributed by atoms with van der Waals surface area (Å²) in [7, 11) is 1.75. The highest BCUT2D eigenvalue weighted by Gasteiger charge is 2.15. The Kier molecular flexibility index (Phi) is 2.37. The SMILES string of the molecule is Cc1cc(-c2ncnc(C#N)c2F)nn1C. The van der Waals surface area contributed by atoms with Crippen molar-refractivity contribution in [3.8, 4) is 17.5 Å². The molecule has 0 fully saturated rings. The van der Waals surface area contributed by atoms with E-state index >= 15 is 0 Å². The van der Waals surface area contributed by atoms with Gasteiger partial charge in [-0.2, -0.15) is 10.4 Å². The van der Waals surface area contributed by atoms with Gasteiger partial charge in [0.2, 0.25) is 0 Å². The maximum absolute atomic E-state index is 13.7. The first-order chi connectivity index (χ1) is 7.63. The van der Waals surface area contributed by atoms with Crippen LogP contribution in [0.3, 0.4) is 0 Å². The molecule has 0 amide bonds. The third-order valence-corrected chi connectivity index (χ3v) is 2.25. The maximum atomic E-state index is 13.7. The minimum atomic E-state index is -0.733. The zero-order chi connectivity index (χ0) is 11.7. The predicted octanol–water partition coefficient (Wildman–Crippen LogP) is 1.20. The number of nitriles is 1. The second-order valence-corrected chi connectivity index (χ2v) is 3.29. The van der Waals surface area contributed by atoms with Crippen molar-refractivity contribution in [3.63, 3.8) is 0 Å². The van der Waals surface area contributed by atoms with Crippen molar-refractivity contribution >= 4 is 0 Å². The summed E-state index contributed by atoms with van der Waals surface area (Å²) in [6, 6.07) is 3.37. The van der Waals surface area contributed by atoms with Crippen LogP contribution in [0.1, 0.15) is 11.4 Å². The summed E-state index contributed by atoms with van der Waals surface area (Å²) < 4.78 is 15.3. The Morgan fingerprint density at radius 2 is 2.19 bits per heavy atom. The van der Waals surface area contributed by atoms with Crippen LogP contribution in [0.15, 0.2) is 12.4 Å². The van der Waals surface area contributed by atoms with Gasteiger partial charge in [-0.15, -0.1) is 0 Å². The lowest BCUT2D eigenvalue weighted by atomic mass is 10.2. The lowest BCUT2D eigenvalue weighted by molar-refractivity contribution is 0.611. The average Bonchev–Trinajstić information content (AvgIpc) is 2.59. The second-order valence-electron chi connectivity index (χ2n) is 3.29. The van der Waals surface area contributed by atoms with Crippen molar-refractivity contribution in [1.82, 2.24) is 19.7 Å². The summed E-state index contributed by atoms with van der Waals surface area (Å²) in [5.74, 6) is -0.733. The smallest absolute Gasteiger partial charge is 0.187 e. The van der Waals surface area contributed by atoms with E-state index in [9.17, 15) is 4.39 Å². The Hall–Kier alpha value is -2.29. The normalized spacial score (nSPS) is 10.1. The zero-order valence-electron chi connectivity index (χ0n) is 8.77. The molecule has 0 aliphatic carbocycles. The highest BCUT2D eigenvalue weighted by molar-refractivity contribution is 5.56. The Morgan fingerprint density at radius 3 is 2.75 bits per heavy atom. The second kappa shape index (κ2) is 3.70. The van der Waals surface area contributed by atoms with Gasteiger partial charge >= 0.3 is 0 Å². The molecule has 2 rings (SSSR count). The Morgan fingerprint density at radius 1 is 1.44 bits per heavy atom. The molecule has 0 N–H and O–H groups in total. The van der Waals surface area contributed by atoms with Crippen molar-refractivity contribution < 1.29 is 4.39 Å².